The summed E-state index contributed by atoms with van der Waals surface area (Å²) in [6.45, 7) is 2.03. The van der Waals surface area contributed by atoms with E-state index in [4.69, 9.17) is 0 Å². The third-order valence-electron chi connectivity index (χ3n) is 3.38. The summed E-state index contributed by atoms with van der Waals surface area (Å²) in [6, 6.07) is 9.87. The lowest BCUT2D eigenvalue weighted by Gasteiger charge is -2.04. The van der Waals surface area contributed by atoms with Crippen molar-refractivity contribution in [1.29, 1.82) is 0 Å². The second-order valence-electron chi connectivity index (χ2n) is 4.67. The van der Waals surface area contributed by atoms with Crippen LogP contribution in [0.3, 0.4) is 0 Å². The summed E-state index contributed by atoms with van der Waals surface area (Å²) < 4.78 is 1.78. The molecule has 2 N–H and O–H groups in total. The largest absolute Gasteiger partial charge is 0.347 e. The maximum atomic E-state index is 12.2. The van der Waals surface area contributed by atoms with Gasteiger partial charge in [-0.05, 0) is 5.56 Å². The van der Waals surface area contributed by atoms with Crippen molar-refractivity contribution >= 4 is 5.91 Å². The normalized spacial score (nSPS) is 13.3. The SMILES string of the molecule is Cn1nc(C(=O)NCc2ccccc2)c2c1CNC2. The van der Waals surface area contributed by atoms with E-state index in [0.29, 0.717) is 12.2 Å². The molecule has 1 aliphatic heterocycles. The predicted molar refractivity (Wildman–Crippen MR) is 71.4 cm³/mol. The Labute approximate surface area is 111 Å². The molecule has 3 rings (SSSR count). The molecule has 0 aliphatic carbocycles. The zero-order chi connectivity index (χ0) is 13.2. The van der Waals surface area contributed by atoms with Gasteiger partial charge < -0.3 is 10.6 Å². The monoisotopic (exact) mass is 256 g/mol. The molecule has 5 nitrogen and oxygen atoms in total. The number of benzene rings is 1. The van der Waals surface area contributed by atoms with Crippen LogP contribution in [0.15, 0.2) is 30.3 Å². The van der Waals surface area contributed by atoms with Gasteiger partial charge in [-0.25, -0.2) is 0 Å². The summed E-state index contributed by atoms with van der Waals surface area (Å²) in [7, 11) is 1.87. The van der Waals surface area contributed by atoms with Crippen molar-refractivity contribution in [1.82, 2.24) is 20.4 Å². The van der Waals surface area contributed by atoms with Crippen LogP contribution < -0.4 is 10.6 Å². The first-order valence-corrected chi connectivity index (χ1v) is 6.33. The first kappa shape index (κ1) is 11.9. The van der Waals surface area contributed by atoms with E-state index in [9.17, 15) is 4.79 Å². The molecule has 0 fully saturated rings. The number of hydrogen-bond acceptors (Lipinski definition) is 3. The van der Waals surface area contributed by atoms with Gasteiger partial charge in [0.2, 0.25) is 0 Å². The molecule has 0 bridgehead atoms. The zero-order valence-electron chi connectivity index (χ0n) is 10.8. The number of fused-ring (bicyclic) bond motifs is 1. The molecule has 19 heavy (non-hydrogen) atoms. The zero-order valence-corrected chi connectivity index (χ0v) is 10.8. The highest BCUT2D eigenvalue weighted by molar-refractivity contribution is 5.94. The fourth-order valence-corrected chi connectivity index (χ4v) is 2.36. The van der Waals surface area contributed by atoms with Gasteiger partial charge in [-0.15, -0.1) is 0 Å². The van der Waals surface area contributed by atoms with Crippen molar-refractivity contribution in [3.63, 3.8) is 0 Å². The second kappa shape index (κ2) is 4.85. The number of nitrogens with zero attached hydrogens (tertiary/aromatic N) is 2. The summed E-state index contributed by atoms with van der Waals surface area (Å²) >= 11 is 0. The maximum absolute atomic E-state index is 12.2. The number of hydrogen-bond donors (Lipinski definition) is 2. The molecule has 0 spiro atoms. The van der Waals surface area contributed by atoms with Gasteiger partial charge >= 0.3 is 0 Å². The number of carbonyl (C=O) groups is 1. The van der Waals surface area contributed by atoms with Crippen molar-refractivity contribution in [2.24, 2.45) is 7.05 Å². The molecular formula is C14H16N4O. The highest BCUT2D eigenvalue weighted by atomic mass is 16.1. The average Bonchev–Trinajstić information content (AvgIpc) is 3.02. The highest BCUT2D eigenvalue weighted by Gasteiger charge is 2.24. The van der Waals surface area contributed by atoms with E-state index in [1.54, 1.807) is 4.68 Å². The van der Waals surface area contributed by atoms with Crippen LogP contribution in [0.1, 0.15) is 27.3 Å². The molecule has 0 radical (unpaired) electrons. The molecule has 1 aromatic heterocycles. The third kappa shape index (κ3) is 2.24. The summed E-state index contributed by atoms with van der Waals surface area (Å²) in [5.41, 5.74) is 3.75. The number of nitrogens with one attached hydrogen (secondary N) is 2. The Morgan fingerprint density at radius 1 is 1.37 bits per heavy atom. The number of aryl methyl sites for hydroxylation is 1. The summed E-state index contributed by atoms with van der Waals surface area (Å²) in [4.78, 5) is 12.2. The molecule has 2 heterocycles. The van der Waals surface area contributed by atoms with Crippen molar-refractivity contribution < 1.29 is 4.79 Å². The van der Waals surface area contributed by atoms with Crippen LogP contribution in [0.5, 0.6) is 0 Å². The van der Waals surface area contributed by atoms with Crippen molar-refractivity contribution in [3.8, 4) is 0 Å². The molecular weight excluding hydrogens is 240 g/mol. The van der Waals surface area contributed by atoms with E-state index in [0.717, 1.165) is 29.9 Å². The Morgan fingerprint density at radius 3 is 2.95 bits per heavy atom. The van der Waals surface area contributed by atoms with Gasteiger partial charge in [0.1, 0.15) is 0 Å². The van der Waals surface area contributed by atoms with E-state index in [-0.39, 0.29) is 5.91 Å². The van der Waals surface area contributed by atoms with Gasteiger partial charge in [-0.2, -0.15) is 5.10 Å². The fraction of sp³-hybridized carbons (Fsp3) is 0.286. The Balaban J connectivity index is 1.73. The van der Waals surface area contributed by atoms with Crippen LogP contribution in [0.25, 0.3) is 0 Å². The van der Waals surface area contributed by atoms with E-state index in [2.05, 4.69) is 15.7 Å². The van der Waals surface area contributed by atoms with Crippen LogP contribution in [-0.2, 0) is 26.7 Å². The van der Waals surface area contributed by atoms with Crippen molar-refractivity contribution in [2.45, 2.75) is 19.6 Å². The van der Waals surface area contributed by atoms with Gasteiger partial charge in [0.25, 0.3) is 5.91 Å². The Morgan fingerprint density at radius 2 is 2.16 bits per heavy atom. The molecule has 5 heteroatoms. The number of amides is 1. The summed E-state index contributed by atoms with van der Waals surface area (Å²) in [5, 5.41) is 10.5. The third-order valence-corrected chi connectivity index (χ3v) is 3.38. The molecule has 0 saturated carbocycles. The van der Waals surface area contributed by atoms with E-state index >= 15 is 0 Å². The van der Waals surface area contributed by atoms with Crippen LogP contribution in [-0.4, -0.2) is 15.7 Å². The summed E-state index contributed by atoms with van der Waals surface area (Å²) in [6.07, 6.45) is 0. The van der Waals surface area contributed by atoms with Crippen molar-refractivity contribution in [3.05, 3.63) is 52.8 Å². The van der Waals surface area contributed by atoms with Crippen molar-refractivity contribution in [2.75, 3.05) is 0 Å². The summed E-state index contributed by atoms with van der Waals surface area (Å²) in [5.74, 6) is -0.107. The number of carbonyl (C=O) groups excluding carboxylic acids is 1. The standard InChI is InChI=1S/C14H16N4O/c1-18-12-9-15-8-11(12)13(17-18)14(19)16-7-10-5-3-2-4-6-10/h2-6,15H,7-9H2,1H3,(H,16,19). The maximum Gasteiger partial charge on any atom is 0.272 e. The molecule has 1 amide bonds. The van der Waals surface area contributed by atoms with Gasteiger partial charge in [0, 0.05) is 32.2 Å². The Bertz CT molecular complexity index is 603. The van der Waals surface area contributed by atoms with E-state index in [1.807, 2.05) is 37.4 Å². The van der Waals surface area contributed by atoms with Crippen LogP contribution >= 0.6 is 0 Å². The fourth-order valence-electron chi connectivity index (χ4n) is 2.36. The van der Waals surface area contributed by atoms with Gasteiger partial charge in [-0.3, -0.25) is 9.48 Å². The Hall–Kier alpha value is -2.14. The molecule has 0 saturated heterocycles. The second-order valence-corrected chi connectivity index (χ2v) is 4.67. The quantitative estimate of drug-likeness (QED) is 0.859. The van der Waals surface area contributed by atoms with Gasteiger partial charge in [0.05, 0.1) is 5.69 Å². The van der Waals surface area contributed by atoms with Gasteiger partial charge in [0.15, 0.2) is 5.69 Å². The van der Waals surface area contributed by atoms with Crippen LogP contribution in [0.4, 0.5) is 0 Å². The minimum Gasteiger partial charge on any atom is -0.347 e. The minimum atomic E-state index is -0.107. The van der Waals surface area contributed by atoms with Crippen LogP contribution in [0.2, 0.25) is 0 Å². The molecule has 0 unspecified atom stereocenters. The molecule has 1 aliphatic rings. The predicted octanol–water partition coefficient (Wildman–Crippen LogP) is 0.953. The molecule has 98 valence electrons. The lowest BCUT2D eigenvalue weighted by molar-refractivity contribution is 0.0944. The first-order chi connectivity index (χ1) is 9.25. The topological polar surface area (TPSA) is 59.0 Å². The average molecular weight is 256 g/mol. The molecule has 0 atom stereocenters. The van der Waals surface area contributed by atoms with E-state index in [1.165, 1.54) is 0 Å². The molecule has 1 aromatic carbocycles. The molecule has 2 aromatic rings. The lowest BCUT2D eigenvalue weighted by atomic mass is 10.2. The van der Waals surface area contributed by atoms with Gasteiger partial charge in [-0.1, -0.05) is 30.3 Å². The van der Waals surface area contributed by atoms with E-state index < -0.39 is 0 Å². The first-order valence-electron chi connectivity index (χ1n) is 6.33. The number of aromatic nitrogens is 2. The van der Waals surface area contributed by atoms with Crippen LogP contribution in [0, 0.1) is 0 Å². The smallest absolute Gasteiger partial charge is 0.272 e. The number of rotatable bonds is 3. The Kier molecular flexibility index (Phi) is 3.05. The highest BCUT2D eigenvalue weighted by Crippen LogP contribution is 2.18. The lowest BCUT2D eigenvalue weighted by Crippen LogP contribution is -2.24. The minimum absolute atomic E-state index is 0.107.